The van der Waals surface area contributed by atoms with Crippen LogP contribution in [0.25, 0.3) is 0 Å². The minimum absolute atomic E-state index is 0.00268. The fourth-order valence-corrected chi connectivity index (χ4v) is 2.68. The molecule has 2 aromatic carbocycles. The van der Waals surface area contributed by atoms with Crippen LogP contribution in [0, 0.1) is 5.82 Å². The van der Waals surface area contributed by atoms with Crippen LogP contribution >= 0.6 is 23.2 Å². The summed E-state index contributed by atoms with van der Waals surface area (Å²) in [5.74, 6) is -1.30. The third kappa shape index (κ3) is 6.11. The van der Waals surface area contributed by atoms with Crippen molar-refractivity contribution in [3.63, 3.8) is 0 Å². The Kier molecular flexibility index (Phi) is 7.27. The van der Waals surface area contributed by atoms with E-state index in [9.17, 15) is 14.0 Å². The Bertz CT molecular complexity index is 888. The first kappa shape index (κ1) is 22.0. The summed E-state index contributed by atoms with van der Waals surface area (Å²) in [6.07, 6.45) is 0.776. The zero-order valence-electron chi connectivity index (χ0n) is 15.8. The number of carbonyl (C=O) groups is 2. The second kappa shape index (κ2) is 9.26. The molecule has 0 spiro atoms. The molecule has 0 unspecified atom stereocenters. The maximum Gasteiger partial charge on any atom is 0.253 e. The molecule has 0 aromatic heterocycles. The summed E-state index contributed by atoms with van der Waals surface area (Å²) in [6, 6.07) is 8.69. The van der Waals surface area contributed by atoms with Crippen molar-refractivity contribution in [2.24, 2.45) is 0 Å². The van der Waals surface area contributed by atoms with Crippen LogP contribution in [-0.4, -0.2) is 23.9 Å². The summed E-state index contributed by atoms with van der Waals surface area (Å²) in [5.41, 5.74) is 0.561. The summed E-state index contributed by atoms with van der Waals surface area (Å²) >= 11 is 12.0. The fraction of sp³-hybridized carbons (Fsp3) is 0.300. The largest absolute Gasteiger partial charge is 0.376 e. The summed E-state index contributed by atoms with van der Waals surface area (Å²) in [4.78, 5) is 24.4. The molecule has 28 heavy (non-hydrogen) atoms. The topological polar surface area (TPSA) is 70.2 Å². The van der Waals surface area contributed by atoms with Gasteiger partial charge in [0.1, 0.15) is 5.82 Å². The van der Waals surface area contributed by atoms with E-state index in [1.54, 1.807) is 18.2 Å². The molecule has 3 N–H and O–H groups in total. The van der Waals surface area contributed by atoms with Gasteiger partial charge in [-0.2, -0.15) is 0 Å². The van der Waals surface area contributed by atoms with Crippen LogP contribution < -0.4 is 16.0 Å². The molecule has 0 aliphatic carbocycles. The number of rotatable bonds is 7. The van der Waals surface area contributed by atoms with E-state index >= 15 is 0 Å². The molecule has 0 atom stereocenters. The van der Waals surface area contributed by atoms with Crippen molar-refractivity contribution in [2.45, 2.75) is 32.7 Å². The number of anilines is 2. The molecule has 0 aliphatic rings. The SMILES string of the molecule is CCC(C)(C)NC(=O)c1ccc(NCC(=O)Nc2cc(Cl)ccc2F)cc1Cl. The highest BCUT2D eigenvalue weighted by molar-refractivity contribution is 6.34. The maximum absolute atomic E-state index is 13.7. The Morgan fingerprint density at radius 3 is 2.46 bits per heavy atom. The molecule has 0 fully saturated rings. The molecule has 0 saturated heterocycles. The molecular formula is C20H22Cl2FN3O2. The van der Waals surface area contributed by atoms with Gasteiger partial charge in [-0.3, -0.25) is 9.59 Å². The molecule has 150 valence electrons. The summed E-state index contributed by atoms with van der Waals surface area (Å²) in [5, 5.41) is 8.81. The molecule has 0 radical (unpaired) electrons. The van der Waals surface area contributed by atoms with Crippen molar-refractivity contribution in [3.05, 3.63) is 57.8 Å². The lowest BCUT2D eigenvalue weighted by Crippen LogP contribution is -2.42. The minimum atomic E-state index is -0.578. The van der Waals surface area contributed by atoms with E-state index in [-0.39, 0.29) is 28.7 Å². The van der Waals surface area contributed by atoms with Gasteiger partial charge in [0.15, 0.2) is 0 Å². The van der Waals surface area contributed by atoms with Crippen LogP contribution in [0.15, 0.2) is 36.4 Å². The Labute approximate surface area is 173 Å². The number of amides is 2. The standard InChI is InChI=1S/C20H22Cl2FN3O2/c1-4-20(2,3)26-19(28)14-7-6-13(10-15(14)22)24-11-18(27)25-17-9-12(21)5-8-16(17)23/h5-10,24H,4,11H2,1-3H3,(H,25,27)(H,26,28). The Morgan fingerprint density at radius 2 is 1.82 bits per heavy atom. The van der Waals surface area contributed by atoms with Gasteiger partial charge >= 0.3 is 0 Å². The lowest BCUT2D eigenvalue weighted by Gasteiger charge is -2.24. The number of benzene rings is 2. The van der Waals surface area contributed by atoms with Gasteiger partial charge in [-0.05, 0) is 56.7 Å². The van der Waals surface area contributed by atoms with Crippen LogP contribution in [-0.2, 0) is 4.79 Å². The quantitative estimate of drug-likeness (QED) is 0.577. The Balaban J connectivity index is 1.98. The van der Waals surface area contributed by atoms with E-state index in [0.717, 1.165) is 6.42 Å². The highest BCUT2D eigenvalue weighted by Gasteiger charge is 2.20. The predicted octanol–water partition coefficient (Wildman–Crippen LogP) is 5.10. The van der Waals surface area contributed by atoms with E-state index in [4.69, 9.17) is 23.2 Å². The smallest absolute Gasteiger partial charge is 0.253 e. The van der Waals surface area contributed by atoms with Gasteiger partial charge in [0.2, 0.25) is 5.91 Å². The second-order valence-corrected chi connectivity index (χ2v) is 7.76. The first-order chi connectivity index (χ1) is 13.1. The van der Waals surface area contributed by atoms with Gasteiger partial charge in [0.25, 0.3) is 5.91 Å². The normalized spacial score (nSPS) is 11.1. The first-order valence-electron chi connectivity index (χ1n) is 8.72. The van der Waals surface area contributed by atoms with Gasteiger partial charge in [-0.25, -0.2) is 4.39 Å². The first-order valence-corrected chi connectivity index (χ1v) is 9.47. The van der Waals surface area contributed by atoms with E-state index in [2.05, 4.69) is 16.0 Å². The number of nitrogens with one attached hydrogen (secondary N) is 3. The molecule has 0 bridgehead atoms. The van der Waals surface area contributed by atoms with Gasteiger partial charge in [0.05, 0.1) is 22.8 Å². The molecule has 8 heteroatoms. The van der Waals surface area contributed by atoms with Gasteiger partial charge in [-0.1, -0.05) is 30.1 Å². The maximum atomic E-state index is 13.7. The van der Waals surface area contributed by atoms with E-state index in [0.29, 0.717) is 16.3 Å². The lowest BCUT2D eigenvalue weighted by molar-refractivity contribution is -0.114. The van der Waals surface area contributed by atoms with Crippen molar-refractivity contribution in [3.8, 4) is 0 Å². The molecule has 0 saturated carbocycles. The third-order valence-electron chi connectivity index (χ3n) is 4.21. The van der Waals surface area contributed by atoms with Crippen molar-refractivity contribution < 1.29 is 14.0 Å². The molecule has 2 rings (SSSR count). The number of hydrogen-bond acceptors (Lipinski definition) is 3. The Hall–Kier alpha value is -2.31. The Morgan fingerprint density at radius 1 is 1.11 bits per heavy atom. The summed E-state index contributed by atoms with van der Waals surface area (Å²) in [6.45, 7) is 5.72. The highest BCUT2D eigenvalue weighted by atomic mass is 35.5. The average Bonchev–Trinajstić information content (AvgIpc) is 2.62. The van der Waals surface area contributed by atoms with Gasteiger partial charge in [-0.15, -0.1) is 0 Å². The summed E-state index contributed by atoms with van der Waals surface area (Å²) in [7, 11) is 0. The van der Waals surface area contributed by atoms with E-state index < -0.39 is 11.7 Å². The zero-order chi connectivity index (χ0) is 20.9. The molecule has 0 aliphatic heterocycles. The number of halogens is 3. The molecular weight excluding hydrogens is 404 g/mol. The molecule has 5 nitrogen and oxygen atoms in total. The van der Waals surface area contributed by atoms with Crippen molar-refractivity contribution in [2.75, 3.05) is 17.2 Å². The van der Waals surface area contributed by atoms with Crippen LogP contribution in [0.3, 0.4) is 0 Å². The van der Waals surface area contributed by atoms with E-state index in [1.165, 1.54) is 18.2 Å². The van der Waals surface area contributed by atoms with Gasteiger partial charge < -0.3 is 16.0 Å². The summed E-state index contributed by atoms with van der Waals surface area (Å²) < 4.78 is 13.7. The monoisotopic (exact) mass is 425 g/mol. The average molecular weight is 426 g/mol. The lowest BCUT2D eigenvalue weighted by atomic mass is 10.0. The van der Waals surface area contributed by atoms with Gasteiger partial charge in [0, 0.05) is 16.2 Å². The minimum Gasteiger partial charge on any atom is -0.376 e. The third-order valence-corrected chi connectivity index (χ3v) is 4.75. The van der Waals surface area contributed by atoms with Crippen molar-refractivity contribution in [1.82, 2.24) is 5.32 Å². The van der Waals surface area contributed by atoms with Crippen molar-refractivity contribution >= 4 is 46.4 Å². The molecule has 2 aromatic rings. The van der Waals surface area contributed by atoms with E-state index in [1.807, 2.05) is 20.8 Å². The highest BCUT2D eigenvalue weighted by Crippen LogP contribution is 2.23. The molecule has 0 heterocycles. The predicted molar refractivity (Wildman–Crippen MR) is 112 cm³/mol. The van der Waals surface area contributed by atoms with Crippen LogP contribution in [0.2, 0.25) is 10.0 Å². The zero-order valence-corrected chi connectivity index (χ0v) is 17.3. The van der Waals surface area contributed by atoms with Crippen LogP contribution in [0.1, 0.15) is 37.6 Å². The number of hydrogen-bond donors (Lipinski definition) is 3. The number of carbonyl (C=O) groups excluding carboxylic acids is 2. The van der Waals surface area contributed by atoms with Crippen molar-refractivity contribution in [1.29, 1.82) is 0 Å². The fourth-order valence-electron chi connectivity index (χ4n) is 2.24. The van der Waals surface area contributed by atoms with Crippen LogP contribution in [0.4, 0.5) is 15.8 Å². The van der Waals surface area contributed by atoms with Crippen LogP contribution in [0.5, 0.6) is 0 Å². The second-order valence-electron chi connectivity index (χ2n) is 6.91. The molecule has 2 amide bonds.